The second kappa shape index (κ2) is 5.34. The topological polar surface area (TPSA) is 49.8 Å². The van der Waals surface area contributed by atoms with Crippen molar-refractivity contribution < 1.29 is 0 Å². The minimum absolute atomic E-state index is 0.664. The summed E-state index contributed by atoms with van der Waals surface area (Å²) in [4.78, 5) is 10.2. The lowest BCUT2D eigenvalue weighted by atomic mass is 10.1. The highest BCUT2D eigenvalue weighted by Crippen LogP contribution is 2.23. The van der Waals surface area contributed by atoms with Crippen molar-refractivity contribution in [3.8, 4) is 0 Å². The second-order valence-corrected chi connectivity index (χ2v) is 5.87. The number of aromatic nitrogens is 2. The van der Waals surface area contributed by atoms with Crippen LogP contribution in [-0.2, 0) is 19.5 Å². The van der Waals surface area contributed by atoms with E-state index < -0.39 is 0 Å². The lowest BCUT2D eigenvalue weighted by Crippen LogP contribution is -2.26. The molecule has 0 saturated heterocycles. The van der Waals surface area contributed by atoms with Crippen molar-refractivity contribution in [3.05, 3.63) is 38.4 Å². The zero-order valence-electron chi connectivity index (χ0n) is 9.74. The van der Waals surface area contributed by atoms with Crippen LogP contribution in [0.3, 0.4) is 0 Å². The Morgan fingerprint density at radius 3 is 3.22 bits per heavy atom. The van der Waals surface area contributed by atoms with Crippen molar-refractivity contribution in [2.45, 2.75) is 19.5 Å². The summed E-state index contributed by atoms with van der Waals surface area (Å²) in [6.45, 7) is 2.64. The lowest BCUT2D eigenvalue weighted by Gasteiger charge is -2.19. The Morgan fingerprint density at radius 2 is 2.39 bits per heavy atom. The Labute approximate surface area is 118 Å². The van der Waals surface area contributed by atoms with Crippen LogP contribution in [0.5, 0.6) is 0 Å². The van der Waals surface area contributed by atoms with Crippen LogP contribution in [0, 0.1) is 0 Å². The van der Waals surface area contributed by atoms with Gasteiger partial charge in [0.2, 0.25) is 0 Å². The summed E-state index contributed by atoms with van der Waals surface area (Å²) in [6, 6.07) is 4.19. The van der Waals surface area contributed by atoms with Crippen molar-refractivity contribution in [2.75, 3.05) is 11.9 Å². The third-order valence-corrected chi connectivity index (χ3v) is 4.15. The molecule has 0 unspecified atom stereocenters. The van der Waals surface area contributed by atoms with Crippen LogP contribution in [-0.4, -0.2) is 16.5 Å². The lowest BCUT2D eigenvalue weighted by molar-refractivity contribution is 0.625. The molecule has 3 rings (SSSR count). The van der Waals surface area contributed by atoms with Gasteiger partial charge in [-0.3, -0.25) is 0 Å². The van der Waals surface area contributed by atoms with E-state index in [4.69, 9.17) is 0 Å². The van der Waals surface area contributed by atoms with Crippen LogP contribution in [0.2, 0.25) is 0 Å². The highest BCUT2D eigenvalue weighted by molar-refractivity contribution is 9.10. The summed E-state index contributed by atoms with van der Waals surface area (Å²) < 4.78 is 0.664. The summed E-state index contributed by atoms with van der Waals surface area (Å²) in [5.41, 5.74) is 2.34. The number of nitrogens with zero attached hydrogens (tertiary/aromatic N) is 2. The standard InChI is InChI=1S/C12H13BrN4S/c13-12-16-10-3-4-14-7-9(10)11(17-12)15-6-8-2-1-5-18-8/h1-2,5,14H,3-4,6-7H2,(H,15,16,17). The fraction of sp³-hybridized carbons (Fsp3) is 0.333. The number of thiophene rings is 1. The van der Waals surface area contributed by atoms with E-state index in [-0.39, 0.29) is 0 Å². The van der Waals surface area contributed by atoms with Gasteiger partial charge in [0.25, 0.3) is 0 Å². The molecule has 0 spiro atoms. The molecule has 0 saturated carbocycles. The zero-order chi connectivity index (χ0) is 12.4. The molecule has 2 aromatic rings. The Kier molecular flexibility index (Phi) is 3.58. The average molecular weight is 325 g/mol. The molecule has 94 valence electrons. The van der Waals surface area contributed by atoms with Crippen molar-refractivity contribution >= 4 is 33.1 Å². The first-order valence-electron chi connectivity index (χ1n) is 5.85. The van der Waals surface area contributed by atoms with Gasteiger partial charge in [0, 0.05) is 30.0 Å². The van der Waals surface area contributed by atoms with Crippen LogP contribution in [0.25, 0.3) is 0 Å². The third-order valence-electron chi connectivity index (χ3n) is 2.92. The van der Waals surface area contributed by atoms with Crippen LogP contribution < -0.4 is 10.6 Å². The molecule has 4 nitrogen and oxygen atoms in total. The fourth-order valence-electron chi connectivity index (χ4n) is 2.04. The minimum atomic E-state index is 0.664. The van der Waals surface area contributed by atoms with E-state index in [1.54, 1.807) is 11.3 Å². The van der Waals surface area contributed by atoms with E-state index in [1.807, 2.05) is 0 Å². The van der Waals surface area contributed by atoms with Crippen LogP contribution in [0.1, 0.15) is 16.1 Å². The number of hydrogen-bond donors (Lipinski definition) is 2. The summed E-state index contributed by atoms with van der Waals surface area (Å²) >= 11 is 5.13. The van der Waals surface area contributed by atoms with E-state index in [1.165, 1.54) is 10.4 Å². The molecule has 18 heavy (non-hydrogen) atoms. The molecule has 1 aliphatic rings. The van der Waals surface area contributed by atoms with Gasteiger partial charge in [0.15, 0.2) is 4.73 Å². The molecule has 2 aromatic heterocycles. The Bertz CT molecular complexity index is 541. The number of hydrogen-bond acceptors (Lipinski definition) is 5. The normalized spacial score (nSPS) is 14.3. The van der Waals surface area contributed by atoms with E-state index in [2.05, 4.69) is 54.0 Å². The van der Waals surface area contributed by atoms with Gasteiger partial charge in [0.05, 0.1) is 12.2 Å². The average Bonchev–Trinajstić information content (AvgIpc) is 2.89. The highest BCUT2D eigenvalue weighted by atomic mass is 79.9. The number of rotatable bonds is 3. The molecule has 1 aliphatic heterocycles. The number of fused-ring (bicyclic) bond motifs is 1. The minimum Gasteiger partial charge on any atom is -0.365 e. The molecular formula is C12H13BrN4S. The quantitative estimate of drug-likeness (QED) is 0.852. The molecular weight excluding hydrogens is 312 g/mol. The van der Waals surface area contributed by atoms with Gasteiger partial charge in [-0.2, -0.15) is 0 Å². The first-order chi connectivity index (χ1) is 8.83. The summed E-state index contributed by atoms with van der Waals surface area (Å²) in [7, 11) is 0. The summed E-state index contributed by atoms with van der Waals surface area (Å²) in [6.07, 6.45) is 0.962. The molecule has 0 amide bonds. The van der Waals surface area contributed by atoms with Crippen molar-refractivity contribution in [2.24, 2.45) is 0 Å². The smallest absolute Gasteiger partial charge is 0.198 e. The first kappa shape index (κ1) is 12.1. The van der Waals surface area contributed by atoms with Gasteiger partial charge in [-0.25, -0.2) is 9.97 Å². The van der Waals surface area contributed by atoms with Gasteiger partial charge in [-0.1, -0.05) is 6.07 Å². The van der Waals surface area contributed by atoms with Crippen molar-refractivity contribution in [1.29, 1.82) is 0 Å². The van der Waals surface area contributed by atoms with Gasteiger partial charge in [-0.15, -0.1) is 11.3 Å². The maximum Gasteiger partial charge on any atom is 0.198 e. The summed E-state index contributed by atoms with van der Waals surface area (Å²) in [5.74, 6) is 0.937. The molecule has 0 radical (unpaired) electrons. The predicted octanol–water partition coefficient (Wildman–Crippen LogP) is 2.56. The Morgan fingerprint density at radius 1 is 1.44 bits per heavy atom. The van der Waals surface area contributed by atoms with Gasteiger partial charge < -0.3 is 10.6 Å². The van der Waals surface area contributed by atoms with Gasteiger partial charge in [0.1, 0.15) is 5.82 Å². The summed E-state index contributed by atoms with van der Waals surface area (Å²) in [5, 5.41) is 8.85. The molecule has 0 atom stereocenters. The molecule has 0 aliphatic carbocycles. The van der Waals surface area contributed by atoms with E-state index in [0.717, 1.165) is 37.6 Å². The Balaban J connectivity index is 1.84. The van der Waals surface area contributed by atoms with Crippen LogP contribution in [0.15, 0.2) is 22.2 Å². The Hall–Kier alpha value is -0.980. The number of nitrogens with one attached hydrogen (secondary N) is 2. The highest BCUT2D eigenvalue weighted by Gasteiger charge is 2.16. The maximum atomic E-state index is 4.45. The molecule has 0 fully saturated rings. The van der Waals surface area contributed by atoms with Gasteiger partial charge >= 0.3 is 0 Å². The monoisotopic (exact) mass is 324 g/mol. The van der Waals surface area contributed by atoms with E-state index in [0.29, 0.717) is 4.73 Å². The van der Waals surface area contributed by atoms with Gasteiger partial charge in [-0.05, 0) is 27.4 Å². The second-order valence-electron chi connectivity index (χ2n) is 4.13. The maximum absolute atomic E-state index is 4.45. The number of anilines is 1. The molecule has 0 aromatic carbocycles. The van der Waals surface area contributed by atoms with Crippen LogP contribution in [0.4, 0.5) is 5.82 Å². The third kappa shape index (κ3) is 2.55. The largest absolute Gasteiger partial charge is 0.365 e. The zero-order valence-corrected chi connectivity index (χ0v) is 12.1. The van der Waals surface area contributed by atoms with Crippen molar-refractivity contribution in [1.82, 2.24) is 15.3 Å². The van der Waals surface area contributed by atoms with Crippen molar-refractivity contribution in [3.63, 3.8) is 0 Å². The van der Waals surface area contributed by atoms with E-state index in [9.17, 15) is 0 Å². The fourth-order valence-corrected chi connectivity index (χ4v) is 3.08. The molecule has 2 N–H and O–H groups in total. The molecule has 3 heterocycles. The van der Waals surface area contributed by atoms with E-state index >= 15 is 0 Å². The molecule has 0 bridgehead atoms. The number of halogens is 1. The van der Waals surface area contributed by atoms with Crippen LogP contribution >= 0.6 is 27.3 Å². The predicted molar refractivity (Wildman–Crippen MR) is 76.8 cm³/mol. The molecule has 6 heteroatoms. The SMILES string of the molecule is Brc1nc2c(c(NCc3cccs3)n1)CNCC2. The first-order valence-corrected chi connectivity index (χ1v) is 7.52.